The van der Waals surface area contributed by atoms with Crippen molar-refractivity contribution < 1.29 is 0 Å². The molecule has 14 heavy (non-hydrogen) atoms. The highest BCUT2D eigenvalue weighted by Crippen LogP contribution is 2.25. The smallest absolute Gasteiger partial charge is 0.0456 e. The molecule has 0 amide bonds. The van der Waals surface area contributed by atoms with Gasteiger partial charge in [0.1, 0.15) is 0 Å². The number of hydrogen-bond acceptors (Lipinski definition) is 1. The van der Waals surface area contributed by atoms with Crippen molar-refractivity contribution in [2.45, 2.75) is 32.7 Å². The molecule has 0 spiro atoms. The molecule has 1 aromatic carbocycles. The fraction of sp³-hybridized carbons (Fsp3) is 0.455. The molecule has 1 nitrogen and oxygen atoms in total. The van der Waals surface area contributed by atoms with Crippen LogP contribution in [0.1, 0.15) is 36.9 Å². The van der Waals surface area contributed by atoms with Crippen LogP contribution in [0, 0.1) is 6.92 Å². The van der Waals surface area contributed by atoms with Crippen LogP contribution in [0.15, 0.2) is 18.2 Å². The third-order valence-corrected chi connectivity index (χ3v) is 2.48. The average molecular weight is 234 g/mol. The lowest BCUT2D eigenvalue weighted by atomic mass is 10.0. The molecule has 0 aliphatic rings. The van der Waals surface area contributed by atoms with E-state index in [-0.39, 0.29) is 18.4 Å². The first-order valence-corrected chi connectivity index (χ1v) is 5.04. The molecule has 1 atom stereocenters. The van der Waals surface area contributed by atoms with Gasteiger partial charge in [0.15, 0.2) is 0 Å². The first-order valence-electron chi connectivity index (χ1n) is 4.66. The summed E-state index contributed by atoms with van der Waals surface area (Å²) in [6.07, 6.45) is 2.08. The lowest BCUT2D eigenvalue weighted by Crippen LogP contribution is -2.10. The second-order valence-electron chi connectivity index (χ2n) is 3.42. The molecule has 0 saturated carbocycles. The zero-order valence-corrected chi connectivity index (χ0v) is 10.2. The highest BCUT2D eigenvalue weighted by atomic mass is 35.5. The number of benzene rings is 1. The minimum Gasteiger partial charge on any atom is -0.324 e. The molecule has 0 fully saturated rings. The highest BCUT2D eigenvalue weighted by Gasteiger charge is 2.08. The van der Waals surface area contributed by atoms with Gasteiger partial charge < -0.3 is 5.73 Å². The maximum absolute atomic E-state index is 6.08. The van der Waals surface area contributed by atoms with Crippen LogP contribution in [0.5, 0.6) is 0 Å². The van der Waals surface area contributed by atoms with E-state index < -0.39 is 0 Å². The maximum Gasteiger partial charge on any atom is 0.0456 e. The van der Waals surface area contributed by atoms with Gasteiger partial charge in [0.05, 0.1) is 0 Å². The Hall–Kier alpha value is -0.240. The highest BCUT2D eigenvalue weighted by molar-refractivity contribution is 6.31. The number of halogens is 2. The average Bonchev–Trinajstić information content (AvgIpc) is 2.04. The van der Waals surface area contributed by atoms with Crippen molar-refractivity contribution in [3.05, 3.63) is 34.3 Å². The zero-order valence-electron chi connectivity index (χ0n) is 8.59. The lowest BCUT2D eigenvalue weighted by molar-refractivity contribution is 0.638. The van der Waals surface area contributed by atoms with Crippen LogP contribution in [-0.4, -0.2) is 0 Å². The Morgan fingerprint density at radius 3 is 2.57 bits per heavy atom. The van der Waals surface area contributed by atoms with E-state index in [4.69, 9.17) is 17.3 Å². The van der Waals surface area contributed by atoms with Crippen LogP contribution in [0.4, 0.5) is 0 Å². The largest absolute Gasteiger partial charge is 0.324 e. The predicted molar refractivity (Wildman–Crippen MR) is 65.3 cm³/mol. The second-order valence-corrected chi connectivity index (χ2v) is 3.83. The number of hydrogen-bond donors (Lipinski definition) is 1. The van der Waals surface area contributed by atoms with Crippen LogP contribution in [0.2, 0.25) is 5.02 Å². The van der Waals surface area contributed by atoms with Gasteiger partial charge in [-0.25, -0.2) is 0 Å². The Kier molecular flexibility index (Phi) is 6.17. The molecular formula is C11H17Cl2N. The van der Waals surface area contributed by atoms with Crippen LogP contribution in [0.3, 0.4) is 0 Å². The Balaban J connectivity index is 0.00000169. The van der Waals surface area contributed by atoms with E-state index in [0.717, 1.165) is 23.4 Å². The van der Waals surface area contributed by atoms with Gasteiger partial charge in [0.2, 0.25) is 0 Å². The number of nitrogens with two attached hydrogens (primary N) is 1. The van der Waals surface area contributed by atoms with Crippen LogP contribution in [-0.2, 0) is 0 Å². The topological polar surface area (TPSA) is 26.0 Å². The van der Waals surface area contributed by atoms with E-state index in [1.165, 1.54) is 5.56 Å². The summed E-state index contributed by atoms with van der Waals surface area (Å²) in [6, 6.07) is 6.12. The van der Waals surface area contributed by atoms with Crippen molar-refractivity contribution in [1.82, 2.24) is 0 Å². The summed E-state index contributed by atoms with van der Waals surface area (Å²) in [6.45, 7) is 4.16. The third-order valence-electron chi connectivity index (χ3n) is 2.16. The van der Waals surface area contributed by atoms with Gasteiger partial charge in [-0.3, -0.25) is 0 Å². The van der Waals surface area contributed by atoms with Crippen molar-refractivity contribution >= 4 is 24.0 Å². The summed E-state index contributed by atoms with van der Waals surface area (Å²) in [5.41, 5.74) is 8.21. The molecule has 3 heteroatoms. The minimum atomic E-state index is 0. The van der Waals surface area contributed by atoms with Gasteiger partial charge in [-0.15, -0.1) is 12.4 Å². The molecule has 0 bridgehead atoms. The van der Waals surface area contributed by atoms with E-state index in [1.807, 2.05) is 19.1 Å². The van der Waals surface area contributed by atoms with Crippen LogP contribution in [0.25, 0.3) is 0 Å². The van der Waals surface area contributed by atoms with Crippen molar-refractivity contribution in [3.63, 3.8) is 0 Å². The molecule has 0 heterocycles. The molecule has 0 radical (unpaired) electrons. The summed E-state index contributed by atoms with van der Waals surface area (Å²) in [5.74, 6) is 0. The van der Waals surface area contributed by atoms with Crippen molar-refractivity contribution in [3.8, 4) is 0 Å². The van der Waals surface area contributed by atoms with Crippen LogP contribution >= 0.6 is 24.0 Å². The van der Waals surface area contributed by atoms with Gasteiger partial charge in [-0.05, 0) is 30.5 Å². The molecule has 0 aliphatic carbocycles. The van der Waals surface area contributed by atoms with Gasteiger partial charge in [0.25, 0.3) is 0 Å². The molecule has 1 rings (SSSR count). The summed E-state index contributed by atoms with van der Waals surface area (Å²) >= 11 is 6.08. The van der Waals surface area contributed by atoms with E-state index in [0.29, 0.717) is 0 Å². The molecule has 2 N–H and O–H groups in total. The summed E-state index contributed by atoms with van der Waals surface area (Å²) < 4.78 is 0. The number of rotatable bonds is 3. The fourth-order valence-electron chi connectivity index (χ4n) is 1.40. The van der Waals surface area contributed by atoms with Crippen molar-refractivity contribution in [2.24, 2.45) is 5.73 Å². The van der Waals surface area contributed by atoms with Gasteiger partial charge in [-0.1, -0.05) is 37.1 Å². The standard InChI is InChI=1S/C11H16ClN.ClH/c1-3-4-11(13)9-6-5-8(2)7-10(9)12;/h5-7,11H,3-4,13H2,1-2H3;1H. The van der Waals surface area contributed by atoms with Crippen molar-refractivity contribution in [2.75, 3.05) is 0 Å². The predicted octanol–water partition coefficient (Wildman–Crippen LogP) is 3.87. The Morgan fingerprint density at radius 2 is 2.07 bits per heavy atom. The first-order chi connectivity index (χ1) is 6.15. The molecule has 80 valence electrons. The quantitative estimate of drug-likeness (QED) is 0.844. The normalized spacial score (nSPS) is 12.0. The SMILES string of the molecule is CCCC(N)c1ccc(C)cc1Cl.Cl. The molecular weight excluding hydrogens is 217 g/mol. The second kappa shape index (κ2) is 6.28. The Labute approximate surface area is 97.1 Å². The Morgan fingerprint density at radius 1 is 1.43 bits per heavy atom. The minimum absolute atomic E-state index is 0. The lowest BCUT2D eigenvalue weighted by Gasteiger charge is -2.12. The molecule has 1 aromatic rings. The molecule has 0 saturated heterocycles. The van der Waals surface area contributed by atoms with E-state index in [1.54, 1.807) is 0 Å². The van der Waals surface area contributed by atoms with Gasteiger partial charge in [-0.2, -0.15) is 0 Å². The molecule has 0 aliphatic heterocycles. The third kappa shape index (κ3) is 3.49. The summed E-state index contributed by atoms with van der Waals surface area (Å²) in [7, 11) is 0. The fourth-order valence-corrected chi connectivity index (χ4v) is 1.77. The van der Waals surface area contributed by atoms with E-state index in [2.05, 4.69) is 13.0 Å². The molecule has 1 unspecified atom stereocenters. The zero-order chi connectivity index (χ0) is 9.84. The summed E-state index contributed by atoms with van der Waals surface area (Å²) in [5, 5.41) is 0.793. The summed E-state index contributed by atoms with van der Waals surface area (Å²) in [4.78, 5) is 0. The monoisotopic (exact) mass is 233 g/mol. The molecule has 0 aromatic heterocycles. The maximum atomic E-state index is 6.08. The first kappa shape index (κ1) is 13.8. The van der Waals surface area contributed by atoms with Crippen molar-refractivity contribution in [1.29, 1.82) is 0 Å². The van der Waals surface area contributed by atoms with Gasteiger partial charge >= 0.3 is 0 Å². The van der Waals surface area contributed by atoms with E-state index >= 15 is 0 Å². The van der Waals surface area contributed by atoms with E-state index in [9.17, 15) is 0 Å². The van der Waals surface area contributed by atoms with Crippen LogP contribution < -0.4 is 5.73 Å². The number of aryl methyl sites for hydroxylation is 1. The Bertz CT molecular complexity index is 287. The van der Waals surface area contributed by atoms with Gasteiger partial charge in [0, 0.05) is 11.1 Å².